The smallest absolute Gasteiger partial charge is 0.237 e. The molecule has 0 bridgehead atoms. The molecule has 2 atom stereocenters. The van der Waals surface area contributed by atoms with E-state index in [4.69, 9.17) is 0 Å². The van der Waals surface area contributed by atoms with Gasteiger partial charge in [-0.05, 0) is 51.0 Å². The van der Waals surface area contributed by atoms with Gasteiger partial charge in [-0.25, -0.2) is 0 Å². The van der Waals surface area contributed by atoms with Gasteiger partial charge in [-0.3, -0.25) is 10.1 Å². The molecule has 3 nitrogen and oxygen atoms in total. The van der Waals surface area contributed by atoms with Crippen molar-refractivity contribution in [3.05, 3.63) is 69.8 Å². The molecular weight excluding hydrogens is 404 g/mol. The Hall–Kier alpha value is -2.13. The molecule has 1 amide bonds. The van der Waals surface area contributed by atoms with Gasteiger partial charge >= 0.3 is 0 Å². The van der Waals surface area contributed by atoms with E-state index in [9.17, 15) is 4.79 Å². The zero-order valence-electron chi connectivity index (χ0n) is 22.7. The van der Waals surface area contributed by atoms with E-state index in [-0.39, 0.29) is 34.2 Å². The second kappa shape index (κ2) is 8.58. The van der Waals surface area contributed by atoms with Gasteiger partial charge < -0.3 is 4.90 Å². The molecule has 1 saturated heterocycles. The second-order valence-electron chi connectivity index (χ2n) is 13.0. The molecule has 33 heavy (non-hydrogen) atoms. The Morgan fingerprint density at radius 1 is 0.758 bits per heavy atom. The summed E-state index contributed by atoms with van der Waals surface area (Å²) in [4.78, 5) is 14.5. The highest BCUT2D eigenvalue weighted by atomic mass is 16.2. The molecule has 0 radical (unpaired) electrons. The molecule has 0 saturated carbocycles. The van der Waals surface area contributed by atoms with Crippen molar-refractivity contribution in [1.82, 2.24) is 10.2 Å². The van der Waals surface area contributed by atoms with Crippen LogP contribution in [0, 0.1) is 6.92 Å². The Balaban J connectivity index is 2.31. The molecule has 2 aromatic carbocycles. The van der Waals surface area contributed by atoms with Gasteiger partial charge in [0.25, 0.3) is 0 Å². The molecule has 1 heterocycles. The Bertz CT molecular complexity index is 998. The van der Waals surface area contributed by atoms with Crippen molar-refractivity contribution < 1.29 is 4.79 Å². The summed E-state index contributed by atoms with van der Waals surface area (Å²) in [5.41, 5.74) is 7.94. The van der Waals surface area contributed by atoms with E-state index >= 15 is 0 Å². The number of benzene rings is 2. The lowest BCUT2D eigenvalue weighted by molar-refractivity contribution is -0.126. The van der Waals surface area contributed by atoms with Crippen LogP contribution in [0.2, 0.25) is 0 Å². The molecule has 3 heteroatoms. The largest absolute Gasteiger partial charge is 0.328 e. The first-order valence-electron chi connectivity index (χ1n) is 12.3. The van der Waals surface area contributed by atoms with Crippen molar-refractivity contribution in [1.29, 1.82) is 0 Å². The standard InChI is InChI=1S/C30H44N2O/c1-19-12-20(14-22(13-19)28(2,3)4)26(27-31-18-25(33)32(27)11)21-15-23(29(5,6)7)17-24(16-21)30(8,9)10/h12-17,26-27,31H,18H2,1-11H3/t26-,27?/m0/s1. The third kappa shape index (κ3) is 5.51. The summed E-state index contributed by atoms with van der Waals surface area (Å²) < 4.78 is 0. The SMILES string of the molecule is Cc1cc([C@@H](c2cc(C(C)(C)C)cc(C(C)(C)C)c2)C2NCC(=O)N2C)cc(C(C)(C)C)c1. The van der Waals surface area contributed by atoms with Crippen molar-refractivity contribution >= 4 is 5.91 Å². The first kappa shape index (κ1) is 25.5. The quantitative estimate of drug-likeness (QED) is 0.589. The number of rotatable bonds is 3. The minimum atomic E-state index is -0.0739. The maximum atomic E-state index is 12.6. The van der Waals surface area contributed by atoms with Gasteiger partial charge in [0.05, 0.1) is 12.7 Å². The number of nitrogens with one attached hydrogen (secondary N) is 1. The van der Waals surface area contributed by atoms with Crippen LogP contribution in [0.3, 0.4) is 0 Å². The topological polar surface area (TPSA) is 32.3 Å². The minimum Gasteiger partial charge on any atom is -0.328 e. The van der Waals surface area contributed by atoms with E-state index in [0.717, 1.165) is 0 Å². The Kier molecular flexibility index (Phi) is 6.63. The lowest BCUT2D eigenvalue weighted by Crippen LogP contribution is -2.40. The number of likely N-dealkylation sites (N-methyl/N-ethyl adjacent to an activating group) is 1. The maximum Gasteiger partial charge on any atom is 0.237 e. The van der Waals surface area contributed by atoms with E-state index in [2.05, 4.69) is 111 Å². The third-order valence-electron chi connectivity index (χ3n) is 6.96. The minimum absolute atomic E-state index is 0.0363. The van der Waals surface area contributed by atoms with Crippen LogP contribution in [0.4, 0.5) is 0 Å². The number of hydrogen-bond donors (Lipinski definition) is 1. The van der Waals surface area contributed by atoms with E-state index < -0.39 is 0 Å². The number of nitrogens with zero attached hydrogens (tertiary/aromatic N) is 1. The van der Waals surface area contributed by atoms with E-state index in [0.29, 0.717) is 6.54 Å². The summed E-state index contributed by atoms with van der Waals surface area (Å²) in [6.45, 7) is 23.0. The van der Waals surface area contributed by atoms with Crippen molar-refractivity contribution in [2.45, 2.75) is 97.6 Å². The first-order chi connectivity index (χ1) is 15.0. The monoisotopic (exact) mass is 448 g/mol. The molecule has 1 aliphatic heterocycles. The van der Waals surface area contributed by atoms with Crippen LogP contribution in [0.1, 0.15) is 102 Å². The number of hydrogen-bond acceptors (Lipinski definition) is 2. The maximum absolute atomic E-state index is 12.6. The van der Waals surface area contributed by atoms with Gasteiger partial charge in [-0.15, -0.1) is 0 Å². The van der Waals surface area contributed by atoms with Crippen molar-refractivity contribution in [3.63, 3.8) is 0 Å². The Morgan fingerprint density at radius 2 is 1.18 bits per heavy atom. The molecule has 180 valence electrons. The van der Waals surface area contributed by atoms with E-state index in [1.807, 2.05) is 11.9 Å². The molecule has 1 unspecified atom stereocenters. The van der Waals surface area contributed by atoms with Crippen LogP contribution >= 0.6 is 0 Å². The van der Waals surface area contributed by atoms with Gasteiger partial charge in [-0.2, -0.15) is 0 Å². The molecule has 1 fully saturated rings. The fraction of sp³-hybridized carbons (Fsp3) is 0.567. The molecule has 0 aromatic heterocycles. The van der Waals surface area contributed by atoms with Crippen molar-refractivity contribution in [2.24, 2.45) is 0 Å². The third-order valence-corrected chi connectivity index (χ3v) is 6.96. The van der Waals surface area contributed by atoms with Crippen molar-refractivity contribution in [3.8, 4) is 0 Å². The van der Waals surface area contributed by atoms with Crippen LogP contribution in [0.5, 0.6) is 0 Å². The van der Waals surface area contributed by atoms with Crippen LogP contribution < -0.4 is 5.32 Å². The first-order valence-corrected chi connectivity index (χ1v) is 12.3. The molecule has 1 N–H and O–H groups in total. The van der Waals surface area contributed by atoms with Gasteiger partial charge in [0.2, 0.25) is 5.91 Å². The van der Waals surface area contributed by atoms with E-state index in [1.165, 1.54) is 33.4 Å². The summed E-state index contributed by atoms with van der Waals surface area (Å²) in [5.74, 6) is 0.197. The van der Waals surface area contributed by atoms with Gasteiger partial charge in [0.1, 0.15) is 0 Å². The molecular formula is C30H44N2O. The molecule has 0 aliphatic carbocycles. The Morgan fingerprint density at radius 3 is 1.58 bits per heavy atom. The number of amides is 1. The van der Waals surface area contributed by atoms with Gasteiger partial charge in [0.15, 0.2) is 0 Å². The molecule has 0 spiro atoms. The van der Waals surface area contributed by atoms with Crippen LogP contribution in [0.15, 0.2) is 36.4 Å². The zero-order chi connectivity index (χ0) is 24.9. The number of carbonyl (C=O) groups is 1. The summed E-state index contributed by atoms with van der Waals surface area (Å²) in [5, 5.41) is 3.52. The lowest BCUT2D eigenvalue weighted by Gasteiger charge is -2.34. The molecule has 2 aromatic rings. The predicted molar refractivity (Wildman–Crippen MR) is 140 cm³/mol. The fourth-order valence-corrected chi connectivity index (χ4v) is 4.63. The molecule has 1 aliphatic rings. The highest BCUT2D eigenvalue weighted by Crippen LogP contribution is 2.39. The Labute approximate surface area is 202 Å². The number of aryl methyl sites for hydroxylation is 1. The highest BCUT2D eigenvalue weighted by Gasteiger charge is 2.37. The summed E-state index contributed by atoms with van der Waals surface area (Å²) in [7, 11) is 1.93. The van der Waals surface area contributed by atoms with Crippen LogP contribution in [-0.4, -0.2) is 30.6 Å². The summed E-state index contributed by atoms with van der Waals surface area (Å²) in [6, 6.07) is 14.1. The van der Waals surface area contributed by atoms with Crippen LogP contribution in [-0.2, 0) is 21.0 Å². The summed E-state index contributed by atoms with van der Waals surface area (Å²) in [6.07, 6.45) is -0.0739. The van der Waals surface area contributed by atoms with E-state index in [1.54, 1.807) is 0 Å². The normalized spacial score (nSPS) is 18.7. The average molecular weight is 449 g/mol. The average Bonchev–Trinajstić information content (AvgIpc) is 2.98. The van der Waals surface area contributed by atoms with Crippen LogP contribution in [0.25, 0.3) is 0 Å². The second-order valence-corrected chi connectivity index (χ2v) is 13.0. The number of carbonyl (C=O) groups excluding carboxylic acids is 1. The van der Waals surface area contributed by atoms with Gasteiger partial charge in [0, 0.05) is 13.0 Å². The zero-order valence-corrected chi connectivity index (χ0v) is 22.7. The van der Waals surface area contributed by atoms with Crippen molar-refractivity contribution in [2.75, 3.05) is 13.6 Å². The summed E-state index contributed by atoms with van der Waals surface area (Å²) >= 11 is 0. The lowest BCUT2D eigenvalue weighted by atomic mass is 9.75. The molecule has 3 rings (SSSR count). The van der Waals surface area contributed by atoms with Gasteiger partial charge in [-0.1, -0.05) is 104 Å². The fourth-order valence-electron chi connectivity index (χ4n) is 4.63. The predicted octanol–water partition coefficient (Wildman–Crippen LogP) is 6.41. The highest BCUT2D eigenvalue weighted by molar-refractivity contribution is 5.80.